The van der Waals surface area contributed by atoms with E-state index in [1.165, 1.54) is 27.7 Å². The molecule has 3 fully saturated rings. The molecule has 2 N–H and O–H groups in total. The number of fused-ring (bicyclic) bond motifs is 2. The maximum Gasteiger partial charge on any atom is 0.408 e. The Hall–Kier alpha value is -3.89. The van der Waals surface area contributed by atoms with E-state index in [4.69, 9.17) is 23.7 Å². The number of nitrogens with zero attached hydrogens (tertiary/aromatic N) is 3. The molecule has 13 atom stereocenters. The number of aliphatic hydroxyl groups excluding tert-OH is 1. The van der Waals surface area contributed by atoms with Gasteiger partial charge in [0, 0.05) is 48.3 Å². The summed E-state index contributed by atoms with van der Waals surface area (Å²) in [6.45, 7) is 12.1. The summed E-state index contributed by atoms with van der Waals surface area (Å²) < 4.78 is 48.3. The largest absolute Gasteiger partial charge is 0.458 e. The number of carbonyl (C=O) groups is 4. The van der Waals surface area contributed by atoms with Gasteiger partial charge in [0.05, 0.1) is 36.0 Å². The minimum atomic E-state index is -2.63. The number of halogens is 1. The molecule has 0 radical (unpaired) electrons. The molecule has 0 aliphatic carbocycles. The van der Waals surface area contributed by atoms with Gasteiger partial charge < -0.3 is 39.0 Å². The number of aliphatic hydroxyl groups is 1. The van der Waals surface area contributed by atoms with Crippen LogP contribution in [-0.4, -0.2) is 124 Å². The molecular formula is C41H57FN4O10. The second kappa shape index (κ2) is 16.9. The van der Waals surface area contributed by atoms with Crippen molar-refractivity contribution in [3.05, 3.63) is 42.4 Å². The first-order valence-corrected chi connectivity index (χ1v) is 19.3. The Balaban J connectivity index is 1.59. The number of pyridine rings is 2. The van der Waals surface area contributed by atoms with Crippen molar-refractivity contribution in [2.75, 3.05) is 20.7 Å². The third kappa shape index (κ3) is 8.81. The zero-order valence-corrected chi connectivity index (χ0v) is 34.0. The highest BCUT2D eigenvalue weighted by molar-refractivity contribution is 6.00. The summed E-state index contributed by atoms with van der Waals surface area (Å²) in [5, 5.41) is 15.0. The van der Waals surface area contributed by atoms with E-state index in [1.807, 2.05) is 32.0 Å². The maximum absolute atomic E-state index is 17.5. The Kier molecular flexibility index (Phi) is 13.1. The van der Waals surface area contributed by atoms with Crippen molar-refractivity contribution in [1.82, 2.24) is 20.2 Å². The number of ether oxygens (including phenoxy) is 5. The SMILES string of the molecule is CC[C@H]1OC(=O)[C@H](C)C(=O)[C@H](C)[C@@H](O[C@@H]2O[C@H](C)C[C@H](N(C)C)[C@H]2O)[C@](C)(OC/C=C/c2cnc3ccncc3c2)C[C@](C)(F)C(=O)[C@H](C)[C@@H]2NC(=O)O[C@]12C. The van der Waals surface area contributed by atoms with Crippen molar-refractivity contribution in [1.29, 1.82) is 0 Å². The first-order chi connectivity index (χ1) is 26.2. The summed E-state index contributed by atoms with van der Waals surface area (Å²) in [6, 6.07) is 2.21. The molecule has 56 heavy (non-hydrogen) atoms. The zero-order valence-electron chi connectivity index (χ0n) is 34.0. The fraction of sp³-hybridized carbons (Fsp3) is 0.659. The molecule has 3 saturated heterocycles. The van der Waals surface area contributed by atoms with Crippen LogP contribution in [0.2, 0.25) is 0 Å². The fourth-order valence-corrected chi connectivity index (χ4v) is 8.66. The van der Waals surface area contributed by atoms with E-state index in [0.29, 0.717) is 6.42 Å². The summed E-state index contributed by atoms with van der Waals surface area (Å²) in [6.07, 6.45) is 2.37. The van der Waals surface area contributed by atoms with Crippen molar-refractivity contribution >= 4 is 40.6 Å². The van der Waals surface area contributed by atoms with Crippen LogP contribution in [0.1, 0.15) is 80.2 Å². The van der Waals surface area contributed by atoms with Crippen LogP contribution in [0, 0.1) is 17.8 Å². The number of hydrogen-bond donors (Lipinski definition) is 2. The van der Waals surface area contributed by atoms with Gasteiger partial charge in [-0.15, -0.1) is 0 Å². The van der Waals surface area contributed by atoms with Gasteiger partial charge in [-0.1, -0.05) is 32.9 Å². The lowest BCUT2D eigenvalue weighted by Gasteiger charge is -2.48. The van der Waals surface area contributed by atoms with Crippen LogP contribution in [0.5, 0.6) is 0 Å². The lowest BCUT2D eigenvalue weighted by atomic mass is 9.72. The molecule has 2 aromatic heterocycles. The van der Waals surface area contributed by atoms with Crippen molar-refractivity contribution in [2.24, 2.45) is 17.8 Å². The van der Waals surface area contributed by atoms with Gasteiger partial charge in [0.25, 0.3) is 0 Å². The van der Waals surface area contributed by atoms with Gasteiger partial charge in [-0.25, -0.2) is 9.18 Å². The van der Waals surface area contributed by atoms with Gasteiger partial charge in [-0.05, 0) is 79.3 Å². The van der Waals surface area contributed by atoms with E-state index in [1.54, 1.807) is 50.7 Å². The number of cyclic esters (lactones) is 1. The van der Waals surface area contributed by atoms with E-state index in [2.05, 4.69) is 15.3 Å². The smallest absolute Gasteiger partial charge is 0.408 e. The number of rotatable bonds is 8. The van der Waals surface area contributed by atoms with Crippen LogP contribution in [-0.2, 0) is 38.1 Å². The molecule has 0 spiro atoms. The average Bonchev–Trinajstić information content (AvgIpc) is 3.47. The molecule has 308 valence electrons. The molecule has 2 aromatic rings. The number of alkyl halides is 1. The van der Waals surface area contributed by atoms with Crippen LogP contribution < -0.4 is 5.32 Å². The van der Waals surface area contributed by atoms with Crippen molar-refractivity contribution in [2.45, 2.75) is 134 Å². The molecule has 1 amide bonds. The highest BCUT2D eigenvalue weighted by Gasteiger charge is 2.59. The lowest BCUT2D eigenvalue weighted by molar-refractivity contribution is -0.297. The standard InChI is InChI=1S/C41H57FN4O10/c1-11-30-41(8)33(45-38(51)56-41)25(5)34(49)39(6,42)21-40(7,52-16-12-13-26-18-27-20-43-15-14-28(27)44-19-26)35(23(3)31(47)24(4)36(50)54-30)55-37-32(48)29(46(9)10)17-22(2)53-37/h12-15,18-20,22-25,29-30,32-33,35,37,48H,11,16-17,21H2,1-10H3,(H,45,51)/b13-12+/t22-,23+,24-,25-,29+,30-,32-,33+,35-,37+,39+,40-,41-/m1/s1. The summed E-state index contributed by atoms with van der Waals surface area (Å²) in [4.78, 5) is 65.7. The summed E-state index contributed by atoms with van der Waals surface area (Å²) in [5.74, 6) is -6.06. The first-order valence-electron chi connectivity index (χ1n) is 19.3. The van der Waals surface area contributed by atoms with Gasteiger partial charge >= 0.3 is 12.1 Å². The molecule has 0 unspecified atom stereocenters. The van der Waals surface area contributed by atoms with Gasteiger partial charge in [-0.3, -0.25) is 24.4 Å². The minimum Gasteiger partial charge on any atom is -0.458 e. The van der Waals surface area contributed by atoms with Crippen molar-refractivity contribution < 1.29 is 52.4 Å². The number of aromatic nitrogens is 2. The van der Waals surface area contributed by atoms with E-state index >= 15 is 4.39 Å². The summed E-state index contributed by atoms with van der Waals surface area (Å²) >= 11 is 0. The topological polar surface area (TPSA) is 176 Å². The van der Waals surface area contributed by atoms with E-state index in [9.17, 15) is 24.3 Å². The molecule has 5 heterocycles. The Labute approximate surface area is 327 Å². The monoisotopic (exact) mass is 784 g/mol. The highest BCUT2D eigenvalue weighted by Crippen LogP contribution is 2.42. The molecule has 5 rings (SSSR count). The van der Waals surface area contributed by atoms with Crippen molar-refractivity contribution in [3.63, 3.8) is 0 Å². The van der Waals surface area contributed by atoms with Gasteiger partial charge in [-0.2, -0.15) is 0 Å². The third-order valence-electron chi connectivity index (χ3n) is 11.7. The quantitative estimate of drug-likeness (QED) is 0.281. The molecule has 0 aromatic carbocycles. The second-order valence-corrected chi connectivity index (χ2v) is 16.5. The molecule has 14 nitrogen and oxygen atoms in total. The van der Waals surface area contributed by atoms with E-state index < -0.39 is 95.3 Å². The summed E-state index contributed by atoms with van der Waals surface area (Å²) in [5.41, 5.74) is -4.47. The van der Waals surface area contributed by atoms with Crippen molar-refractivity contribution in [3.8, 4) is 0 Å². The zero-order chi connectivity index (χ0) is 41.3. The van der Waals surface area contributed by atoms with Gasteiger partial charge in [0.1, 0.15) is 18.1 Å². The van der Waals surface area contributed by atoms with Crippen LogP contribution in [0.25, 0.3) is 17.0 Å². The van der Waals surface area contributed by atoms with Crippen LogP contribution in [0.4, 0.5) is 9.18 Å². The molecule has 3 aliphatic rings. The predicted molar refractivity (Wildman–Crippen MR) is 204 cm³/mol. The molecule has 3 aliphatic heterocycles. The Bertz CT molecular complexity index is 1810. The maximum atomic E-state index is 17.5. The average molecular weight is 785 g/mol. The number of nitrogens with one attached hydrogen (secondary N) is 1. The number of amides is 1. The summed E-state index contributed by atoms with van der Waals surface area (Å²) in [7, 11) is 3.64. The van der Waals surface area contributed by atoms with Gasteiger partial charge in [0.15, 0.2) is 29.1 Å². The lowest BCUT2D eigenvalue weighted by Crippen LogP contribution is -2.62. The van der Waals surface area contributed by atoms with E-state index in [0.717, 1.165) is 23.4 Å². The highest BCUT2D eigenvalue weighted by atomic mass is 19.1. The Morgan fingerprint density at radius 1 is 1.09 bits per heavy atom. The van der Waals surface area contributed by atoms with Gasteiger partial charge in [0.2, 0.25) is 0 Å². The number of ketones is 2. The van der Waals surface area contributed by atoms with E-state index in [-0.39, 0.29) is 25.2 Å². The number of likely N-dealkylation sites (N-methyl/N-ethyl adjacent to an activating group) is 1. The second-order valence-electron chi connectivity index (χ2n) is 16.5. The molecule has 0 saturated carbocycles. The number of carbonyl (C=O) groups excluding carboxylic acids is 4. The molecule has 15 heteroatoms. The molecule has 0 bridgehead atoms. The Morgan fingerprint density at radius 2 is 1.80 bits per heavy atom. The number of hydrogen-bond acceptors (Lipinski definition) is 13. The van der Waals surface area contributed by atoms with Crippen LogP contribution in [0.3, 0.4) is 0 Å². The number of alkyl carbamates (subject to hydrolysis) is 1. The van der Waals surface area contributed by atoms with Crippen LogP contribution in [0.15, 0.2) is 36.8 Å². The normalized spacial score (nSPS) is 38.9. The minimum absolute atomic E-state index is 0.132. The van der Waals surface area contributed by atoms with Crippen LogP contribution >= 0.6 is 0 Å². The number of Topliss-reactive ketones (excluding diaryl/α,β-unsaturated/α-hetero) is 2. The first kappa shape index (κ1) is 43.2. The third-order valence-corrected chi connectivity index (χ3v) is 11.7. The fourth-order valence-electron chi connectivity index (χ4n) is 8.66. The number of esters is 1. The Morgan fingerprint density at radius 3 is 2.48 bits per heavy atom. The molecular weight excluding hydrogens is 727 g/mol. The predicted octanol–water partition coefficient (Wildman–Crippen LogP) is 4.60.